The first-order valence-corrected chi connectivity index (χ1v) is 6.36. The lowest BCUT2D eigenvalue weighted by Crippen LogP contribution is -2.49. The second-order valence-corrected chi connectivity index (χ2v) is 4.60. The number of methoxy groups -OCH3 is 1. The first kappa shape index (κ1) is 18.7. The summed E-state index contributed by atoms with van der Waals surface area (Å²) in [5.41, 5.74) is 5.85. The van der Waals surface area contributed by atoms with E-state index >= 15 is 0 Å². The Morgan fingerprint density at radius 1 is 1.40 bits per heavy atom. The van der Waals surface area contributed by atoms with Crippen molar-refractivity contribution in [2.24, 2.45) is 5.73 Å². The number of carbonyl (C=O) groups excluding carboxylic acids is 1. The molecule has 0 atom stereocenters. The molecule has 0 aliphatic rings. The van der Waals surface area contributed by atoms with E-state index < -0.39 is 11.4 Å². The van der Waals surface area contributed by atoms with Crippen molar-refractivity contribution in [3.05, 3.63) is 29.6 Å². The zero-order valence-corrected chi connectivity index (χ0v) is 12.8. The second-order valence-electron chi connectivity index (χ2n) is 4.60. The molecule has 6 heteroatoms. The van der Waals surface area contributed by atoms with Crippen molar-refractivity contribution < 1.29 is 13.9 Å². The number of hydrogen-bond acceptors (Lipinski definition) is 3. The average Bonchev–Trinajstić information content (AvgIpc) is 2.44. The highest BCUT2D eigenvalue weighted by molar-refractivity contribution is 5.97. The lowest BCUT2D eigenvalue weighted by molar-refractivity contribution is 0.0938. The molecule has 0 saturated carbocycles. The molecule has 114 valence electrons. The van der Waals surface area contributed by atoms with E-state index in [2.05, 4.69) is 5.32 Å². The van der Waals surface area contributed by atoms with E-state index in [1.54, 1.807) is 0 Å². The SMILES string of the molecule is CCC(N)(CC)CNC(=O)c1cc(F)ccc1OC.Cl. The third-order valence-electron chi connectivity index (χ3n) is 3.42. The maximum atomic E-state index is 13.2. The van der Waals surface area contributed by atoms with Crippen LogP contribution in [0.3, 0.4) is 0 Å². The molecule has 20 heavy (non-hydrogen) atoms. The van der Waals surface area contributed by atoms with Gasteiger partial charge in [0, 0.05) is 12.1 Å². The van der Waals surface area contributed by atoms with Crippen LogP contribution in [0, 0.1) is 5.82 Å². The summed E-state index contributed by atoms with van der Waals surface area (Å²) in [5, 5.41) is 2.73. The van der Waals surface area contributed by atoms with Crippen LogP contribution >= 0.6 is 12.4 Å². The fourth-order valence-corrected chi connectivity index (χ4v) is 1.71. The Morgan fingerprint density at radius 2 is 2.00 bits per heavy atom. The van der Waals surface area contributed by atoms with E-state index in [1.807, 2.05) is 13.8 Å². The molecular weight excluding hydrogens is 283 g/mol. The van der Waals surface area contributed by atoms with Crippen molar-refractivity contribution in [3.63, 3.8) is 0 Å². The van der Waals surface area contributed by atoms with Crippen LogP contribution in [-0.4, -0.2) is 25.1 Å². The van der Waals surface area contributed by atoms with Crippen molar-refractivity contribution in [3.8, 4) is 5.75 Å². The van der Waals surface area contributed by atoms with E-state index in [-0.39, 0.29) is 23.9 Å². The monoisotopic (exact) mass is 304 g/mol. The Bertz CT molecular complexity index is 451. The Labute approximate surface area is 125 Å². The molecule has 1 amide bonds. The quantitative estimate of drug-likeness (QED) is 0.848. The number of amides is 1. The van der Waals surface area contributed by atoms with Gasteiger partial charge in [0.05, 0.1) is 12.7 Å². The van der Waals surface area contributed by atoms with Gasteiger partial charge in [-0.2, -0.15) is 0 Å². The zero-order chi connectivity index (χ0) is 14.5. The van der Waals surface area contributed by atoms with Gasteiger partial charge in [-0.15, -0.1) is 12.4 Å². The average molecular weight is 305 g/mol. The molecule has 0 spiro atoms. The molecule has 0 bridgehead atoms. The minimum absolute atomic E-state index is 0. The summed E-state index contributed by atoms with van der Waals surface area (Å²) in [6.45, 7) is 4.29. The molecule has 0 unspecified atom stereocenters. The molecule has 1 aromatic carbocycles. The second kappa shape index (κ2) is 8.07. The number of nitrogens with two attached hydrogens (primary N) is 1. The maximum absolute atomic E-state index is 13.2. The lowest BCUT2D eigenvalue weighted by atomic mass is 9.94. The number of ether oxygens (including phenoxy) is 1. The van der Waals surface area contributed by atoms with Crippen LogP contribution in [0.1, 0.15) is 37.0 Å². The summed E-state index contributed by atoms with van der Waals surface area (Å²) in [6.07, 6.45) is 1.51. The molecule has 0 fully saturated rings. The molecule has 0 radical (unpaired) electrons. The van der Waals surface area contributed by atoms with Gasteiger partial charge < -0.3 is 15.8 Å². The number of carbonyl (C=O) groups is 1. The predicted molar refractivity (Wildman–Crippen MR) is 80.0 cm³/mol. The Balaban J connectivity index is 0.00000361. The van der Waals surface area contributed by atoms with Crippen molar-refractivity contribution in [2.45, 2.75) is 32.2 Å². The predicted octanol–water partition coefficient (Wildman–Crippen LogP) is 2.50. The third kappa shape index (κ3) is 4.65. The minimum Gasteiger partial charge on any atom is -0.496 e. The van der Waals surface area contributed by atoms with Crippen molar-refractivity contribution in [1.82, 2.24) is 5.32 Å². The van der Waals surface area contributed by atoms with Gasteiger partial charge in [0.1, 0.15) is 11.6 Å². The summed E-state index contributed by atoms with van der Waals surface area (Å²) in [5.74, 6) is -0.515. The van der Waals surface area contributed by atoms with Crippen molar-refractivity contribution in [2.75, 3.05) is 13.7 Å². The molecule has 0 heterocycles. The summed E-state index contributed by atoms with van der Waals surface area (Å²) < 4.78 is 18.2. The third-order valence-corrected chi connectivity index (χ3v) is 3.42. The van der Waals surface area contributed by atoms with E-state index in [0.717, 1.165) is 18.9 Å². The van der Waals surface area contributed by atoms with Crippen LogP contribution in [-0.2, 0) is 0 Å². The van der Waals surface area contributed by atoms with Crippen molar-refractivity contribution in [1.29, 1.82) is 0 Å². The zero-order valence-electron chi connectivity index (χ0n) is 12.0. The highest BCUT2D eigenvalue weighted by Gasteiger charge is 2.22. The molecular formula is C14H22ClFN2O2. The van der Waals surface area contributed by atoms with Crippen LogP contribution in [0.15, 0.2) is 18.2 Å². The Morgan fingerprint density at radius 3 is 2.50 bits per heavy atom. The standard InChI is InChI=1S/C14H21FN2O2.ClH/c1-4-14(16,5-2)9-17-13(18)11-8-10(15)6-7-12(11)19-3;/h6-8H,4-5,9,16H2,1-3H3,(H,17,18);1H. The van der Waals surface area contributed by atoms with Crippen molar-refractivity contribution >= 4 is 18.3 Å². The molecule has 3 N–H and O–H groups in total. The molecule has 4 nitrogen and oxygen atoms in total. The van der Waals surface area contributed by atoms with Crippen LogP contribution in [0.4, 0.5) is 4.39 Å². The fraction of sp³-hybridized carbons (Fsp3) is 0.500. The molecule has 0 aliphatic carbocycles. The summed E-state index contributed by atoms with van der Waals surface area (Å²) in [4.78, 5) is 12.0. The first-order valence-electron chi connectivity index (χ1n) is 6.36. The van der Waals surface area contributed by atoms with Gasteiger partial charge >= 0.3 is 0 Å². The largest absolute Gasteiger partial charge is 0.496 e. The molecule has 1 aromatic rings. The number of rotatable bonds is 6. The van der Waals surface area contributed by atoms with E-state index in [1.165, 1.54) is 19.2 Å². The Kier molecular flexibility index (Phi) is 7.53. The van der Waals surface area contributed by atoms with Gasteiger partial charge in [-0.3, -0.25) is 4.79 Å². The number of hydrogen-bond donors (Lipinski definition) is 2. The van der Waals surface area contributed by atoms with E-state index in [9.17, 15) is 9.18 Å². The van der Waals surface area contributed by atoms with E-state index in [0.29, 0.717) is 12.3 Å². The van der Waals surface area contributed by atoms with Gasteiger partial charge in [0.25, 0.3) is 5.91 Å². The molecule has 0 aliphatic heterocycles. The van der Waals surface area contributed by atoms with Crippen LogP contribution in [0.25, 0.3) is 0 Å². The number of benzene rings is 1. The normalized spacial score (nSPS) is 10.7. The lowest BCUT2D eigenvalue weighted by Gasteiger charge is -2.26. The topological polar surface area (TPSA) is 64.3 Å². The van der Waals surface area contributed by atoms with Gasteiger partial charge in [-0.1, -0.05) is 13.8 Å². The summed E-state index contributed by atoms with van der Waals surface area (Å²) in [6, 6.07) is 3.84. The molecule has 0 aromatic heterocycles. The number of nitrogens with one attached hydrogen (secondary N) is 1. The summed E-state index contributed by atoms with van der Waals surface area (Å²) >= 11 is 0. The maximum Gasteiger partial charge on any atom is 0.255 e. The molecule has 1 rings (SSSR count). The van der Waals surface area contributed by atoms with Crippen LogP contribution < -0.4 is 15.8 Å². The first-order chi connectivity index (χ1) is 8.95. The highest BCUT2D eigenvalue weighted by Crippen LogP contribution is 2.19. The fourth-order valence-electron chi connectivity index (χ4n) is 1.71. The van der Waals surface area contributed by atoms with Gasteiger partial charge in [0.2, 0.25) is 0 Å². The van der Waals surface area contributed by atoms with Gasteiger partial charge in [-0.25, -0.2) is 4.39 Å². The Hall–Kier alpha value is -1.33. The van der Waals surface area contributed by atoms with Gasteiger partial charge in [0.15, 0.2) is 0 Å². The summed E-state index contributed by atoms with van der Waals surface area (Å²) in [7, 11) is 1.44. The van der Waals surface area contributed by atoms with E-state index in [4.69, 9.17) is 10.5 Å². The number of halogens is 2. The molecule has 0 saturated heterocycles. The van der Waals surface area contributed by atoms with Gasteiger partial charge in [-0.05, 0) is 31.0 Å². The van der Waals surface area contributed by atoms with Crippen LogP contribution in [0.5, 0.6) is 5.75 Å². The van der Waals surface area contributed by atoms with Crippen LogP contribution in [0.2, 0.25) is 0 Å². The highest BCUT2D eigenvalue weighted by atomic mass is 35.5. The smallest absolute Gasteiger partial charge is 0.255 e. The minimum atomic E-state index is -0.476.